The zero-order valence-corrected chi connectivity index (χ0v) is 10.3. The first kappa shape index (κ1) is 12.7. The second kappa shape index (κ2) is 5.65. The van der Waals surface area contributed by atoms with Gasteiger partial charge in [0, 0.05) is 6.42 Å². The predicted molar refractivity (Wildman–Crippen MR) is 61.7 cm³/mol. The van der Waals surface area contributed by atoms with E-state index in [2.05, 4.69) is 15.9 Å². The van der Waals surface area contributed by atoms with E-state index in [1.807, 2.05) is 6.07 Å². The van der Waals surface area contributed by atoms with Crippen LogP contribution >= 0.6 is 15.9 Å². The topological polar surface area (TPSA) is 63.6 Å². The molecule has 0 aliphatic carbocycles. The quantitative estimate of drug-likeness (QED) is 0.842. The lowest BCUT2D eigenvalue weighted by Crippen LogP contribution is -2.12. The molecule has 5 heteroatoms. The monoisotopic (exact) mass is 286 g/mol. The predicted octanol–water partition coefficient (Wildman–Crippen LogP) is 2.04. The minimum atomic E-state index is -1.38. The van der Waals surface area contributed by atoms with Gasteiger partial charge in [-0.15, -0.1) is 0 Å². The molecule has 1 aromatic carbocycles. The standard InChI is InChI=1S/C11H11BrO4/c1-16-10-5-3-7(6-8(10)12)2-4-9(13)11(14)15/h3,5-6H,2,4H2,1H3,(H,14,15). The average molecular weight is 287 g/mol. The van der Waals surface area contributed by atoms with Gasteiger partial charge in [-0.05, 0) is 40.0 Å². The lowest BCUT2D eigenvalue weighted by molar-refractivity contribution is -0.149. The first-order valence-corrected chi connectivity index (χ1v) is 5.42. The minimum absolute atomic E-state index is 0.00804. The zero-order chi connectivity index (χ0) is 12.1. The number of ether oxygens (including phenoxy) is 1. The Morgan fingerprint density at radius 3 is 2.62 bits per heavy atom. The van der Waals surface area contributed by atoms with Crippen molar-refractivity contribution in [1.29, 1.82) is 0 Å². The number of carbonyl (C=O) groups excluding carboxylic acids is 1. The van der Waals surface area contributed by atoms with Gasteiger partial charge in [0.25, 0.3) is 0 Å². The summed E-state index contributed by atoms with van der Waals surface area (Å²) in [4.78, 5) is 21.2. The van der Waals surface area contributed by atoms with Crippen LogP contribution in [0.15, 0.2) is 22.7 Å². The summed E-state index contributed by atoms with van der Waals surface area (Å²) >= 11 is 3.32. The molecule has 1 rings (SSSR count). The summed E-state index contributed by atoms with van der Waals surface area (Å²) in [6.45, 7) is 0. The molecule has 0 atom stereocenters. The van der Waals surface area contributed by atoms with E-state index in [1.165, 1.54) is 0 Å². The number of aliphatic carboxylic acids is 1. The Morgan fingerprint density at radius 2 is 2.12 bits per heavy atom. The van der Waals surface area contributed by atoms with E-state index in [0.29, 0.717) is 12.2 Å². The summed E-state index contributed by atoms with van der Waals surface area (Å²) in [7, 11) is 1.56. The normalized spacial score (nSPS) is 9.88. The Morgan fingerprint density at radius 1 is 1.44 bits per heavy atom. The first-order chi connectivity index (χ1) is 7.54. The molecule has 0 spiro atoms. The van der Waals surface area contributed by atoms with Crippen LogP contribution in [0.25, 0.3) is 0 Å². The second-order valence-electron chi connectivity index (χ2n) is 3.20. The Bertz CT molecular complexity index is 414. The number of halogens is 1. The third-order valence-corrected chi connectivity index (χ3v) is 2.72. The molecule has 0 aliphatic rings. The lowest BCUT2D eigenvalue weighted by atomic mass is 10.1. The fraction of sp³-hybridized carbons (Fsp3) is 0.273. The molecule has 0 saturated heterocycles. The van der Waals surface area contributed by atoms with Crippen molar-refractivity contribution in [3.63, 3.8) is 0 Å². The maximum absolute atomic E-state index is 10.9. The molecule has 4 nitrogen and oxygen atoms in total. The summed E-state index contributed by atoms with van der Waals surface area (Å²) in [6.07, 6.45) is 0.418. The van der Waals surface area contributed by atoms with Gasteiger partial charge >= 0.3 is 5.97 Å². The number of carbonyl (C=O) groups is 2. The number of ketones is 1. The van der Waals surface area contributed by atoms with Gasteiger partial charge < -0.3 is 9.84 Å². The fourth-order valence-electron chi connectivity index (χ4n) is 1.23. The van der Waals surface area contributed by atoms with Gasteiger partial charge in [-0.1, -0.05) is 6.07 Å². The molecule has 16 heavy (non-hydrogen) atoms. The Hall–Kier alpha value is -1.36. The van der Waals surface area contributed by atoms with Crippen molar-refractivity contribution in [3.8, 4) is 5.75 Å². The summed E-state index contributed by atoms with van der Waals surface area (Å²) in [5.41, 5.74) is 0.891. The molecule has 86 valence electrons. The molecular weight excluding hydrogens is 276 g/mol. The molecule has 0 aliphatic heterocycles. The van der Waals surface area contributed by atoms with Crippen LogP contribution in [0.1, 0.15) is 12.0 Å². The van der Waals surface area contributed by atoms with Crippen LogP contribution in [0, 0.1) is 0 Å². The summed E-state index contributed by atoms with van der Waals surface area (Å²) < 4.78 is 5.84. The summed E-state index contributed by atoms with van der Waals surface area (Å²) in [5, 5.41) is 8.42. The van der Waals surface area contributed by atoms with Gasteiger partial charge in [0.1, 0.15) is 5.75 Å². The third kappa shape index (κ3) is 3.34. The van der Waals surface area contributed by atoms with Crippen molar-refractivity contribution in [1.82, 2.24) is 0 Å². The molecule has 1 aromatic rings. The molecule has 1 N–H and O–H groups in total. The van der Waals surface area contributed by atoms with Crippen molar-refractivity contribution in [2.24, 2.45) is 0 Å². The second-order valence-corrected chi connectivity index (χ2v) is 4.05. The summed E-state index contributed by atoms with van der Waals surface area (Å²) in [6, 6.07) is 5.39. The highest BCUT2D eigenvalue weighted by Gasteiger charge is 2.11. The van der Waals surface area contributed by atoms with E-state index in [4.69, 9.17) is 9.84 Å². The number of aryl methyl sites for hydroxylation is 1. The number of carboxylic acid groups (broad SMARTS) is 1. The number of hydrogen-bond donors (Lipinski definition) is 1. The highest BCUT2D eigenvalue weighted by molar-refractivity contribution is 9.10. The van der Waals surface area contributed by atoms with Crippen LogP contribution in [0.4, 0.5) is 0 Å². The molecule has 0 heterocycles. The van der Waals surface area contributed by atoms with Crippen LogP contribution < -0.4 is 4.74 Å². The Kier molecular flexibility index (Phi) is 4.49. The maximum Gasteiger partial charge on any atom is 0.372 e. The van der Waals surface area contributed by atoms with Gasteiger partial charge in [-0.25, -0.2) is 4.79 Å². The Balaban J connectivity index is 2.65. The number of Topliss-reactive ketones (excluding diaryl/α,β-unsaturated/α-hetero) is 1. The number of hydrogen-bond acceptors (Lipinski definition) is 3. The molecule has 0 amide bonds. The van der Waals surface area contributed by atoms with Gasteiger partial charge in [0.05, 0.1) is 11.6 Å². The van der Waals surface area contributed by atoms with E-state index in [0.717, 1.165) is 10.0 Å². The van der Waals surface area contributed by atoms with Gasteiger partial charge in [-0.2, -0.15) is 0 Å². The number of carboxylic acids is 1. The molecule has 0 bridgehead atoms. The Labute approximate surface area is 101 Å². The molecule has 0 radical (unpaired) electrons. The van der Waals surface area contributed by atoms with Crippen LogP contribution in [-0.2, 0) is 16.0 Å². The van der Waals surface area contributed by atoms with Gasteiger partial charge in [0.15, 0.2) is 0 Å². The van der Waals surface area contributed by atoms with Crippen LogP contribution in [0.3, 0.4) is 0 Å². The highest BCUT2D eigenvalue weighted by atomic mass is 79.9. The van der Waals surface area contributed by atoms with Crippen molar-refractivity contribution >= 4 is 27.7 Å². The molecule has 0 aromatic heterocycles. The van der Waals surface area contributed by atoms with Crippen LogP contribution in [-0.4, -0.2) is 24.0 Å². The molecular formula is C11H11BrO4. The van der Waals surface area contributed by atoms with Crippen molar-refractivity contribution in [2.75, 3.05) is 7.11 Å². The SMILES string of the molecule is COc1ccc(CCC(=O)C(=O)O)cc1Br. The first-order valence-electron chi connectivity index (χ1n) is 4.63. The fourth-order valence-corrected chi connectivity index (χ4v) is 1.82. The average Bonchev–Trinajstić information content (AvgIpc) is 2.25. The number of rotatable bonds is 5. The summed E-state index contributed by atoms with van der Waals surface area (Å²) in [5.74, 6) is -1.45. The molecule has 0 unspecified atom stereocenters. The van der Waals surface area contributed by atoms with Crippen molar-refractivity contribution in [3.05, 3.63) is 28.2 Å². The zero-order valence-electron chi connectivity index (χ0n) is 8.70. The highest BCUT2D eigenvalue weighted by Crippen LogP contribution is 2.25. The van der Waals surface area contributed by atoms with E-state index < -0.39 is 11.8 Å². The van der Waals surface area contributed by atoms with E-state index in [9.17, 15) is 9.59 Å². The van der Waals surface area contributed by atoms with Crippen LogP contribution in [0.2, 0.25) is 0 Å². The number of methoxy groups -OCH3 is 1. The van der Waals surface area contributed by atoms with Crippen molar-refractivity contribution < 1.29 is 19.4 Å². The van der Waals surface area contributed by atoms with Crippen molar-refractivity contribution in [2.45, 2.75) is 12.8 Å². The van der Waals surface area contributed by atoms with Crippen LogP contribution in [0.5, 0.6) is 5.75 Å². The largest absolute Gasteiger partial charge is 0.496 e. The van der Waals surface area contributed by atoms with E-state index >= 15 is 0 Å². The molecule has 0 fully saturated rings. The smallest absolute Gasteiger partial charge is 0.372 e. The lowest BCUT2D eigenvalue weighted by Gasteiger charge is -2.05. The van der Waals surface area contributed by atoms with E-state index in [-0.39, 0.29) is 6.42 Å². The van der Waals surface area contributed by atoms with Gasteiger partial charge in [-0.3, -0.25) is 4.79 Å². The van der Waals surface area contributed by atoms with E-state index in [1.54, 1.807) is 19.2 Å². The third-order valence-electron chi connectivity index (χ3n) is 2.10. The number of benzene rings is 1. The molecule has 0 saturated carbocycles. The van der Waals surface area contributed by atoms with Gasteiger partial charge in [0.2, 0.25) is 5.78 Å². The maximum atomic E-state index is 10.9. The minimum Gasteiger partial charge on any atom is -0.496 e.